The second-order valence-corrected chi connectivity index (χ2v) is 26.3. The maximum atomic E-state index is 13.3. The molecule has 0 aromatic carbocycles. The van der Waals surface area contributed by atoms with Crippen molar-refractivity contribution in [2.24, 2.45) is 0 Å². The first-order valence-corrected chi connectivity index (χ1v) is 37.1. The standard InChI is InChI=1S/C72H144N10O6/c1-9-13-17-21-25-29-33-37-41-45-51-73-67(83)63-81(64-68(84)74-52-46-42-38-34-30-26-22-18-14-10-2)61-57-77(5)55-49-71(87)79(7)59-60-80(8)72(88)50-56-78(6)58-62-82(65-69(85)75-53-47-43-39-35-31-27-23-19-15-11-3)66-70(86)76-54-48-44-40-36-32-28-24-20-16-12-4/h9-66H2,1-8H3,(H,73,83)(H,74,84)(H,75,85)(H,76,86). The molecule has 0 aliphatic carbocycles. The molecule has 0 spiro atoms. The van der Waals surface area contributed by atoms with E-state index in [0.29, 0.717) is 91.4 Å². The lowest BCUT2D eigenvalue weighted by molar-refractivity contribution is -0.133. The van der Waals surface area contributed by atoms with Gasteiger partial charge in [-0.3, -0.25) is 38.6 Å². The van der Waals surface area contributed by atoms with Gasteiger partial charge in [0.25, 0.3) is 0 Å². The van der Waals surface area contributed by atoms with Gasteiger partial charge < -0.3 is 40.9 Å². The van der Waals surface area contributed by atoms with Crippen molar-refractivity contribution in [3.8, 4) is 0 Å². The average Bonchev–Trinajstić information content (AvgIpc) is 3.54. The number of carbonyl (C=O) groups excluding carboxylic acids is 6. The highest BCUT2D eigenvalue weighted by Crippen LogP contribution is 2.14. The smallest absolute Gasteiger partial charge is 0.234 e. The van der Waals surface area contributed by atoms with E-state index in [2.05, 4.69) is 58.8 Å². The van der Waals surface area contributed by atoms with Crippen molar-refractivity contribution in [1.29, 1.82) is 0 Å². The van der Waals surface area contributed by atoms with Crippen LogP contribution < -0.4 is 21.3 Å². The zero-order valence-electron chi connectivity index (χ0n) is 59.1. The van der Waals surface area contributed by atoms with E-state index in [0.717, 1.165) is 51.4 Å². The molecule has 518 valence electrons. The summed E-state index contributed by atoms with van der Waals surface area (Å²) in [4.78, 5) is 90.7. The highest BCUT2D eigenvalue weighted by Gasteiger charge is 2.19. The number of unbranched alkanes of at least 4 members (excludes halogenated alkanes) is 36. The molecule has 0 fully saturated rings. The fourth-order valence-corrected chi connectivity index (χ4v) is 11.2. The molecule has 4 N–H and O–H groups in total. The summed E-state index contributed by atoms with van der Waals surface area (Å²) < 4.78 is 0. The molecule has 0 aromatic rings. The Kier molecular flexibility index (Phi) is 61.4. The minimum Gasteiger partial charge on any atom is -0.355 e. The lowest BCUT2D eigenvalue weighted by Gasteiger charge is -2.26. The molecule has 0 aliphatic rings. The van der Waals surface area contributed by atoms with Gasteiger partial charge in [0.15, 0.2) is 0 Å². The number of rotatable bonds is 67. The predicted molar refractivity (Wildman–Crippen MR) is 372 cm³/mol. The van der Waals surface area contributed by atoms with Gasteiger partial charge in [-0.05, 0) is 39.8 Å². The number of nitrogens with one attached hydrogen (secondary N) is 4. The Morgan fingerprint density at radius 1 is 0.239 bits per heavy atom. The summed E-state index contributed by atoms with van der Waals surface area (Å²) in [7, 11) is 7.50. The first-order chi connectivity index (χ1) is 42.8. The van der Waals surface area contributed by atoms with Gasteiger partial charge in [-0.1, -0.05) is 259 Å². The molecule has 16 heteroatoms. The topological polar surface area (TPSA) is 170 Å². The number of nitrogens with zero attached hydrogens (tertiary/aromatic N) is 6. The van der Waals surface area contributed by atoms with Crippen LogP contribution in [0.25, 0.3) is 0 Å². The van der Waals surface area contributed by atoms with Gasteiger partial charge in [0.1, 0.15) is 0 Å². The summed E-state index contributed by atoms with van der Waals surface area (Å²) in [5.41, 5.74) is 0. The van der Waals surface area contributed by atoms with Crippen LogP contribution in [0.1, 0.15) is 297 Å². The van der Waals surface area contributed by atoms with E-state index in [1.807, 2.05) is 23.9 Å². The van der Waals surface area contributed by atoms with E-state index in [9.17, 15) is 28.8 Å². The van der Waals surface area contributed by atoms with Gasteiger partial charge >= 0.3 is 0 Å². The molecule has 6 amide bonds. The number of likely N-dealkylation sites (N-methyl/N-ethyl adjacent to an activating group) is 4. The van der Waals surface area contributed by atoms with Crippen LogP contribution in [0.4, 0.5) is 0 Å². The van der Waals surface area contributed by atoms with Gasteiger partial charge in [-0.25, -0.2) is 0 Å². The maximum absolute atomic E-state index is 13.3. The van der Waals surface area contributed by atoms with Gasteiger partial charge in [0.05, 0.1) is 26.2 Å². The molecular weight excluding hydrogens is 1100 g/mol. The van der Waals surface area contributed by atoms with Gasteiger partial charge in [-0.2, -0.15) is 0 Å². The zero-order chi connectivity index (χ0) is 64.8. The molecule has 0 bridgehead atoms. The van der Waals surface area contributed by atoms with E-state index in [-0.39, 0.29) is 61.6 Å². The number of carbonyl (C=O) groups is 6. The normalized spacial score (nSPS) is 11.5. The molecule has 0 rings (SSSR count). The summed E-state index contributed by atoms with van der Waals surface area (Å²) in [5.74, 6) is -0.259. The largest absolute Gasteiger partial charge is 0.355 e. The number of amides is 6. The first-order valence-electron chi connectivity index (χ1n) is 37.1. The van der Waals surface area contributed by atoms with Crippen LogP contribution in [-0.2, 0) is 28.8 Å². The second kappa shape index (κ2) is 63.8. The third kappa shape index (κ3) is 57.8. The van der Waals surface area contributed by atoms with Gasteiger partial charge in [-0.15, -0.1) is 0 Å². The molecule has 0 unspecified atom stereocenters. The molecule has 0 aromatic heterocycles. The Morgan fingerprint density at radius 3 is 0.636 bits per heavy atom. The fourth-order valence-electron chi connectivity index (χ4n) is 11.2. The van der Waals surface area contributed by atoms with Gasteiger partial charge in [0.2, 0.25) is 35.4 Å². The maximum Gasteiger partial charge on any atom is 0.234 e. The highest BCUT2D eigenvalue weighted by atomic mass is 16.2. The third-order valence-corrected chi connectivity index (χ3v) is 17.5. The second-order valence-electron chi connectivity index (χ2n) is 26.3. The van der Waals surface area contributed by atoms with Crippen LogP contribution in [0.2, 0.25) is 0 Å². The Bertz CT molecular complexity index is 1450. The fraction of sp³-hybridized carbons (Fsp3) is 0.917. The van der Waals surface area contributed by atoms with Crippen LogP contribution in [0.3, 0.4) is 0 Å². The van der Waals surface area contributed by atoms with Crippen molar-refractivity contribution in [2.75, 3.05) is 133 Å². The van der Waals surface area contributed by atoms with Crippen molar-refractivity contribution in [2.45, 2.75) is 297 Å². The molecular formula is C72H144N10O6. The predicted octanol–water partition coefficient (Wildman–Crippen LogP) is 13.3. The van der Waals surface area contributed by atoms with Crippen LogP contribution in [0.15, 0.2) is 0 Å². The lowest BCUT2D eigenvalue weighted by Crippen LogP contribution is -2.46. The molecule has 0 saturated carbocycles. The molecule has 16 nitrogen and oxygen atoms in total. The minimum atomic E-state index is -0.0609. The van der Waals surface area contributed by atoms with E-state index in [1.165, 1.54) is 205 Å². The molecule has 0 radical (unpaired) electrons. The quantitative estimate of drug-likeness (QED) is 0.0430. The van der Waals surface area contributed by atoms with Crippen molar-refractivity contribution in [3.63, 3.8) is 0 Å². The van der Waals surface area contributed by atoms with E-state index in [1.54, 1.807) is 23.9 Å². The summed E-state index contributed by atoms with van der Waals surface area (Å²) in [6.45, 7) is 16.3. The average molecular weight is 1250 g/mol. The lowest BCUT2D eigenvalue weighted by atomic mass is 10.1. The summed E-state index contributed by atoms with van der Waals surface area (Å²) in [5, 5.41) is 12.4. The Labute approximate surface area is 542 Å². The Morgan fingerprint density at radius 2 is 0.432 bits per heavy atom. The van der Waals surface area contributed by atoms with E-state index >= 15 is 0 Å². The van der Waals surface area contributed by atoms with E-state index < -0.39 is 0 Å². The van der Waals surface area contributed by atoms with Crippen LogP contribution in [0, 0.1) is 0 Å². The monoisotopic (exact) mass is 1250 g/mol. The summed E-state index contributed by atoms with van der Waals surface area (Å²) >= 11 is 0. The Hall–Kier alpha value is -3.34. The Balaban J connectivity index is 5.05. The van der Waals surface area contributed by atoms with Crippen molar-refractivity contribution >= 4 is 35.4 Å². The molecule has 0 heterocycles. The highest BCUT2D eigenvalue weighted by molar-refractivity contribution is 5.82. The number of hydrogen-bond acceptors (Lipinski definition) is 10. The third-order valence-electron chi connectivity index (χ3n) is 17.5. The molecule has 88 heavy (non-hydrogen) atoms. The minimum absolute atomic E-state index is 0.00786. The summed E-state index contributed by atoms with van der Waals surface area (Å²) in [6.07, 6.45) is 50.3. The molecule has 0 aliphatic heterocycles. The molecule has 0 saturated heterocycles. The summed E-state index contributed by atoms with van der Waals surface area (Å²) in [6, 6.07) is 0. The first kappa shape index (κ1) is 84.7. The van der Waals surface area contributed by atoms with Crippen molar-refractivity contribution in [3.05, 3.63) is 0 Å². The van der Waals surface area contributed by atoms with Gasteiger partial charge in [0, 0.05) is 105 Å². The van der Waals surface area contributed by atoms with Crippen LogP contribution in [0.5, 0.6) is 0 Å². The van der Waals surface area contributed by atoms with Crippen LogP contribution in [-0.4, -0.2) is 198 Å². The van der Waals surface area contributed by atoms with E-state index in [4.69, 9.17) is 0 Å². The van der Waals surface area contributed by atoms with Crippen LogP contribution >= 0.6 is 0 Å². The van der Waals surface area contributed by atoms with Crippen molar-refractivity contribution in [1.82, 2.24) is 50.7 Å². The molecule has 0 atom stereocenters. The zero-order valence-corrected chi connectivity index (χ0v) is 59.1. The number of hydrogen-bond donors (Lipinski definition) is 4. The SMILES string of the molecule is CCCCCCCCCCCCNC(=O)CN(CCN(C)CCC(=O)N(C)CCN(C)C(=O)CCN(C)CCN(CC(=O)NCCCCCCCCCCCC)CC(=O)NCCCCCCCCCCCC)CC(=O)NCCCCCCCCCCCC. The van der Waals surface area contributed by atoms with Crippen molar-refractivity contribution < 1.29 is 28.8 Å².